The van der Waals surface area contributed by atoms with Crippen LogP contribution in [0.15, 0.2) is 18.3 Å². The lowest BCUT2D eigenvalue weighted by atomic mass is 10.1. The van der Waals surface area contributed by atoms with E-state index in [0.717, 1.165) is 10.9 Å². The molecule has 1 heterocycles. The number of ether oxygens (including phenoxy) is 1. The largest absolute Gasteiger partial charge is 0.507 e. The maximum Gasteiger partial charge on any atom is 0.341 e. The number of benzene rings is 1. The summed E-state index contributed by atoms with van der Waals surface area (Å²) >= 11 is 2.20. The second-order valence-corrected chi connectivity index (χ2v) is 5.33. The number of phenolic OH excluding ortho intramolecular Hbond substituents is 1. The highest BCUT2D eigenvalue weighted by molar-refractivity contribution is 14.2. The first-order valence-electron chi connectivity index (χ1n) is 4.92. The van der Waals surface area contributed by atoms with E-state index >= 15 is 0 Å². The van der Waals surface area contributed by atoms with Crippen molar-refractivity contribution in [1.82, 2.24) is 9.55 Å². The summed E-state index contributed by atoms with van der Waals surface area (Å²) in [6, 6.07) is 3.14. The molecule has 0 saturated heterocycles. The fourth-order valence-corrected chi connectivity index (χ4v) is 3.04. The zero-order valence-electron chi connectivity index (χ0n) is 8.98. The van der Waals surface area contributed by atoms with Crippen LogP contribution in [0.5, 0.6) is 5.75 Å². The van der Waals surface area contributed by atoms with Crippen LogP contribution in [0, 0.1) is 0 Å². The van der Waals surface area contributed by atoms with Crippen molar-refractivity contribution in [2.75, 3.05) is 6.61 Å². The second-order valence-electron chi connectivity index (χ2n) is 3.29. The van der Waals surface area contributed by atoms with E-state index in [-0.39, 0.29) is 17.9 Å². The fraction of sp³-hybridized carbons (Fsp3) is 0.200. The highest BCUT2D eigenvalue weighted by atomic mass is 127. The summed E-state index contributed by atoms with van der Waals surface area (Å²) in [5.74, 6) is -0.594. The molecule has 2 aromatic rings. The summed E-state index contributed by atoms with van der Waals surface area (Å²) in [5, 5.41) is 14.7. The van der Waals surface area contributed by atoms with Crippen LogP contribution in [0.1, 0.15) is 17.3 Å². The lowest BCUT2D eigenvalue weighted by Gasteiger charge is -2.05. The van der Waals surface area contributed by atoms with Crippen molar-refractivity contribution < 1.29 is 14.6 Å². The summed E-state index contributed by atoms with van der Waals surface area (Å²) in [4.78, 5) is 11.6. The van der Waals surface area contributed by atoms with Crippen molar-refractivity contribution in [3.63, 3.8) is 0 Å². The maximum atomic E-state index is 11.6. The molecule has 1 aromatic heterocycles. The van der Waals surface area contributed by atoms with E-state index in [4.69, 9.17) is 4.74 Å². The lowest BCUT2D eigenvalue weighted by molar-refractivity contribution is 0.0523. The van der Waals surface area contributed by atoms with E-state index in [1.807, 2.05) is 0 Å². The smallest absolute Gasteiger partial charge is 0.341 e. The molecule has 2 rings (SSSR count). The summed E-state index contributed by atoms with van der Waals surface area (Å²) in [7, 11) is 0. The number of esters is 1. The fourth-order valence-electron chi connectivity index (χ4n) is 1.50. The molecule has 7 heteroatoms. The molecule has 1 N–H and O–H groups in total. The molecule has 0 amide bonds. The Morgan fingerprint density at radius 2 is 2.41 bits per heavy atom. The SMILES string of the molecule is CCOC(=O)c1cc2c(cnn2PI)cc1O. The molecule has 0 radical (unpaired) electrons. The summed E-state index contributed by atoms with van der Waals surface area (Å²) in [6.45, 7) is 2.01. The Bertz CT molecular complexity index is 570. The van der Waals surface area contributed by atoms with Gasteiger partial charge >= 0.3 is 5.97 Å². The number of carbonyl (C=O) groups excluding carboxylic acids is 1. The monoisotopic (exact) mass is 364 g/mol. The van der Waals surface area contributed by atoms with E-state index in [2.05, 4.69) is 27.1 Å². The Kier molecular flexibility index (Phi) is 3.83. The molecule has 0 bridgehead atoms. The van der Waals surface area contributed by atoms with Crippen molar-refractivity contribution in [2.24, 2.45) is 0 Å². The van der Waals surface area contributed by atoms with Crippen LogP contribution in [0.25, 0.3) is 10.9 Å². The molecule has 1 atom stereocenters. The van der Waals surface area contributed by atoms with Gasteiger partial charge in [-0.1, -0.05) is 0 Å². The van der Waals surface area contributed by atoms with Gasteiger partial charge in [0.25, 0.3) is 0 Å². The third-order valence-corrected chi connectivity index (χ3v) is 4.15. The molecule has 0 fully saturated rings. The van der Waals surface area contributed by atoms with Gasteiger partial charge in [0.15, 0.2) is 0 Å². The second kappa shape index (κ2) is 5.18. The van der Waals surface area contributed by atoms with Gasteiger partial charge in [-0.15, -0.1) is 0 Å². The molecule has 1 aromatic carbocycles. The Morgan fingerprint density at radius 3 is 3.06 bits per heavy atom. The van der Waals surface area contributed by atoms with Crippen molar-refractivity contribution in [1.29, 1.82) is 0 Å². The van der Waals surface area contributed by atoms with Gasteiger partial charge in [-0.3, -0.25) is 0 Å². The van der Waals surface area contributed by atoms with Crippen LogP contribution >= 0.6 is 28.4 Å². The molecule has 1 unspecified atom stereocenters. The van der Waals surface area contributed by atoms with Crippen LogP contribution in [0.4, 0.5) is 0 Å². The number of aromatic hydroxyl groups is 1. The van der Waals surface area contributed by atoms with Crippen LogP contribution < -0.4 is 0 Å². The summed E-state index contributed by atoms with van der Waals surface area (Å²) < 4.78 is 6.66. The van der Waals surface area contributed by atoms with E-state index in [1.54, 1.807) is 23.6 Å². The van der Waals surface area contributed by atoms with Crippen LogP contribution in [-0.2, 0) is 4.74 Å². The van der Waals surface area contributed by atoms with Gasteiger partial charge in [-0.2, -0.15) is 5.10 Å². The molecule has 90 valence electrons. The number of fused-ring (bicyclic) bond motifs is 1. The van der Waals surface area contributed by atoms with Gasteiger partial charge in [-0.05, 0) is 41.1 Å². The van der Waals surface area contributed by atoms with Gasteiger partial charge in [0, 0.05) is 5.39 Å². The third kappa shape index (κ3) is 2.37. The molecule has 0 aliphatic carbocycles. The number of halogens is 1. The van der Waals surface area contributed by atoms with Crippen molar-refractivity contribution >= 4 is 45.3 Å². The molecule has 0 saturated carbocycles. The van der Waals surface area contributed by atoms with Gasteiger partial charge in [0.2, 0.25) is 0 Å². The van der Waals surface area contributed by atoms with E-state index in [9.17, 15) is 9.90 Å². The number of aromatic nitrogens is 2. The molecule has 0 aliphatic rings. The highest BCUT2D eigenvalue weighted by Crippen LogP contribution is 2.31. The minimum atomic E-state index is -0.517. The van der Waals surface area contributed by atoms with Crippen molar-refractivity contribution in [2.45, 2.75) is 6.92 Å². The first kappa shape index (κ1) is 12.6. The molecule has 0 spiro atoms. The molecule has 0 aliphatic heterocycles. The quantitative estimate of drug-likeness (QED) is 0.517. The number of carbonyl (C=O) groups is 1. The predicted octanol–water partition coefficient (Wildman–Crippen LogP) is 2.71. The minimum Gasteiger partial charge on any atom is -0.507 e. The predicted molar refractivity (Wildman–Crippen MR) is 75.1 cm³/mol. The Labute approximate surface area is 112 Å². The van der Waals surface area contributed by atoms with Crippen LogP contribution in [-0.4, -0.2) is 27.2 Å². The Morgan fingerprint density at radius 1 is 1.65 bits per heavy atom. The summed E-state index contributed by atoms with van der Waals surface area (Å²) in [5.41, 5.74) is 0.995. The highest BCUT2D eigenvalue weighted by Gasteiger charge is 2.15. The number of hydrogen-bond donors (Lipinski definition) is 1. The maximum absolute atomic E-state index is 11.6. The van der Waals surface area contributed by atoms with Crippen LogP contribution in [0.2, 0.25) is 0 Å². The number of phenols is 1. The zero-order chi connectivity index (χ0) is 12.4. The zero-order valence-corrected chi connectivity index (χ0v) is 12.1. The number of rotatable bonds is 3. The van der Waals surface area contributed by atoms with Gasteiger partial charge in [0.1, 0.15) is 11.3 Å². The van der Waals surface area contributed by atoms with E-state index in [1.165, 1.54) is 6.07 Å². The Hall–Kier alpha value is -0.880. The Balaban J connectivity index is 2.55. The minimum absolute atomic E-state index is 0.0766. The summed E-state index contributed by atoms with van der Waals surface area (Å²) in [6.07, 6.45) is 2.10. The van der Waals surface area contributed by atoms with E-state index in [0.29, 0.717) is 6.37 Å². The van der Waals surface area contributed by atoms with Gasteiger partial charge < -0.3 is 9.84 Å². The van der Waals surface area contributed by atoms with Gasteiger partial charge in [-0.25, -0.2) is 9.25 Å². The van der Waals surface area contributed by atoms with Gasteiger partial charge in [0.05, 0.1) is 24.7 Å². The molecule has 5 nitrogen and oxygen atoms in total. The number of hydrogen-bond acceptors (Lipinski definition) is 4. The third-order valence-electron chi connectivity index (χ3n) is 2.26. The van der Waals surface area contributed by atoms with Crippen molar-refractivity contribution in [3.05, 3.63) is 23.9 Å². The average molecular weight is 364 g/mol. The standard InChI is InChI=1S/C10H10IN2O3P/c1-2-16-10(15)7-4-8-6(3-9(7)14)5-12-13(8)17-11/h3-5,14,17H,2H2,1H3. The van der Waals surface area contributed by atoms with Crippen LogP contribution in [0.3, 0.4) is 0 Å². The lowest BCUT2D eigenvalue weighted by Crippen LogP contribution is -2.05. The first-order chi connectivity index (χ1) is 8.17. The van der Waals surface area contributed by atoms with Crippen molar-refractivity contribution in [3.8, 4) is 5.75 Å². The normalized spacial score (nSPS) is 11.4. The number of nitrogens with zero attached hydrogens (tertiary/aromatic N) is 2. The topological polar surface area (TPSA) is 64.3 Å². The first-order valence-corrected chi connectivity index (χ1v) is 8.98. The van der Waals surface area contributed by atoms with E-state index < -0.39 is 5.97 Å². The molecular formula is C10H10IN2O3P. The average Bonchev–Trinajstić information content (AvgIpc) is 2.70. The molecule has 17 heavy (non-hydrogen) atoms. The molecular weight excluding hydrogens is 354 g/mol.